The van der Waals surface area contributed by atoms with Gasteiger partial charge in [-0.25, -0.2) is 4.39 Å². The molecule has 34 heavy (non-hydrogen) atoms. The van der Waals surface area contributed by atoms with Crippen LogP contribution in [0.3, 0.4) is 0 Å². The van der Waals surface area contributed by atoms with Crippen molar-refractivity contribution in [2.24, 2.45) is 5.92 Å². The lowest BCUT2D eigenvalue weighted by molar-refractivity contribution is -0.274. The summed E-state index contributed by atoms with van der Waals surface area (Å²) < 4.78 is 62.0. The smallest absolute Gasteiger partial charge is 0.494 e. The second-order valence-corrected chi connectivity index (χ2v) is 7.92. The van der Waals surface area contributed by atoms with Gasteiger partial charge in [0.2, 0.25) is 0 Å². The molecular weight excluding hydrogens is 458 g/mol. The monoisotopic (exact) mass is 481 g/mol. The van der Waals surface area contributed by atoms with Crippen LogP contribution in [0.4, 0.5) is 17.6 Å². The zero-order chi connectivity index (χ0) is 25.4. The van der Waals surface area contributed by atoms with Crippen molar-refractivity contribution in [3.05, 3.63) is 59.0 Å². The summed E-state index contributed by atoms with van der Waals surface area (Å²) in [5.74, 6) is -4.42. The minimum Gasteiger partial charge on any atom is -0.494 e. The number of carboxylic acid groups (broad SMARTS) is 1. The molecular formula is C24H23F4NO5. The Morgan fingerprint density at radius 2 is 1.76 bits per heavy atom. The van der Waals surface area contributed by atoms with Gasteiger partial charge in [0.1, 0.15) is 5.75 Å². The fourth-order valence-corrected chi connectivity index (χ4v) is 4.07. The van der Waals surface area contributed by atoms with Crippen molar-refractivity contribution in [3.63, 3.8) is 0 Å². The van der Waals surface area contributed by atoms with E-state index in [1.807, 2.05) is 6.92 Å². The fraction of sp³-hybridized carbons (Fsp3) is 0.333. The van der Waals surface area contributed by atoms with Crippen molar-refractivity contribution < 1.29 is 41.7 Å². The first-order valence-electron chi connectivity index (χ1n) is 10.4. The second-order valence-electron chi connectivity index (χ2n) is 7.92. The quantitative estimate of drug-likeness (QED) is 0.425. The second kappa shape index (κ2) is 9.36. The molecule has 2 aromatic carbocycles. The van der Waals surface area contributed by atoms with E-state index in [1.54, 1.807) is 13.8 Å². The molecule has 0 radical (unpaired) electrons. The van der Waals surface area contributed by atoms with Crippen LogP contribution >= 0.6 is 0 Å². The molecule has 6 nitrogen and oxygen atoms in total. The average molecular weight is 481 g/mol. The number of halogens is 4. The molecule has 0 saturated carbocycles. The van der Waals surface area contributed by atoms with Crippen molar-refractivity contribution in [3.8, 4) is 11.5 Å². The lowest BCUT2D eigenvalue weighted by Crippen LogP contribution is -2.21. The van der Waals surface area contributed by atoms with Crippen LogP contribution in [0.1, 0.15) is 47.8 Å². The number of nitrogens with zero attached hydrogens (tertiary/aromatic N) is 1. The molecule has 3 rings (SSSR count). The summed E-state index contributed by atoms with van der Waals surface area (Å²) in [6.45, 7) is 5.16. The predicted molar refractivity (Wildman–Crippen MR) is 116 cm³/mol. The maximum absolute atomic E-state index is 14.6. The number of fused-ring (bicyclic) bond motifs is 1. The molecule has 0 bridgehead atoms. The van der Waals surface area contributed by atoms with Gasteiger partial charge in [-0.2, -0.15) is 0 Å². The third-order valence-corrected chi connectivity index (χ3v) is 5.85. The van der Waals surface area contributed by atoms with Gasteiger partial charge in [0.15, 0.2) is 11.6 Å². The van der Waals surface area contributed by atoms with E-state index in [0.717, 1.165) is 30.3 Å². The maximum atomic E-state index is 14.6. The molecule has 1 unspecified atom stereocenters. The lowest BCUT2D eigenvalue weighted by Gasteiger charge is -2.20. The van der Waals surface area contributed by atoms with Gasteiger partial charge >= 0.3 is 12.3 Å². The molecule has 2 atom stereocenters. The Bertz CT molecular complexity index is 1230. The largest absolute Gasteiger partial charge is 0.573 e. The highest BCUT2D eigenvalue weighted by Gasteiger charge is 2.34. The zero-order valence-electron chi connectivity index (χ0n) is 18.9. The Hall–Kier alpha value is -3.56. The van der Waals surface area contributed by atoms with Crippen molar-refractivity contribution in [1.82, 2.24) is 4.57 Å². The van der Waals surface area contributed by atoms with Crippen LogP contribution < -0.4 is 9.47 Å². The fourth-order valence-electron chi connectivity index (χ4n) is 4.07. The number of carbonyl (C=O) groups excluding carboxylic acids is 1. The Balaban J connectivity index is 2.23. The number of hydrogen-bond acceptors (Lipinski definition) is 4. The van der Waals surface area contributed by atoms with Crippen molar-refractivity contribution in [2.45, 2.75) is 39.5 Å². The molecule has 182 valence electrons. The van der Waals surface area contributed by atoms with E-state index >= 15 is 0 Å². The highest BCUT2D eigenvalue weighted by molar-refractivity contribution is 6.05. The number of rotatable bonds is 7. The molecule has 0 amide bonds. The van der Waals surface area contributed by atoms with Crippen molar-refractivity contribution in [1.29, 1.82) is 0 Å². The van der Waals surface area contributed by atoms with Crippen LogP contribution in [0.15, 0.2) is 36.4 Å². The highest BCUT2D eigenvalue weighted by atomic mass is 19.4. The molecule has 0 aliphatic carbocycles. The number of aromatic nitrogens is 1. The molecule has 0 spiro atoms. The molecule has 10 heteroatoms. The Morgan fingerprint density at radius 1 is 1.15 bits per heavy atom. The van der Waals surface area contributed by atoms with Gasteiger partial charge in [-0.1, -0.05) is 20.3 Å². The number of carboxylic acids is 1. The standard InChI is InChI=1S/C24H23F4NO5/c1-5-12(2)20(23(31)32)21-13(3)29(18-11-17(25)19(33-4)10-16(18)21)22(30)14-6-8-15(9-7-14)34-24(26,27)28/h6-12,20H,5H2,1-4H3,(H,31,32)/t12-,20?/m0/s1. The average Bonchev–Trinajstić information content (AvgIpc) is 3.02. The van der Waals surface area contributed by atoms with Gasteiger partial charge in [-0.15, -0.1) is 13.2 Å². The summed E-state index contributed by atoms with van der Waals surface area (Å²) >= 11 is 0. The lowest BCUT2D eigenvalue weighted by atomic mass is 9.84. The molecule has 3 aromatic rings. The SMILES string of the molecule is CC[C@H](C)C(C(=O)O)c1c(C)n(C(=O)c2ccc(OC(F)(F)F)cc2)c2cc(F)c(OC)cc12. The number of benzene rings is 2. The first-order chi connectivity index (χ1) is 15.9. The van der Waals surface area contributed by atoms with Gasteiger partial charge < -0.3 is 14.6 Å². The van der Waals surface area contributed by atoms with Crippen LogP contribution in [0, 0.1) is 18.7 Å². The van der Waals surface area contributed by atoms with E-state index in [9.17, 15) is 32.3 Å². The Morgan fingerprint density at radius 3 is 2.26 bits per heavy atom. The maximum Gasteiger partial charge on any atom is 0.573 e. The summed E-state index contributed by atoms with van der Waals surface area (Å²) in [6.07, 6.45) is -4.35. The number of methoxy groups -OCH3 is 1. The van der Waals surface area contributed by atoms with Crippen LogP contribution in [-0.4, -0.2) is 35.0 Å². The predicted octanol–water partition coefficient (Wildman–Crippen LogP) is 5.90. The minimum absolute atomic E-state index is 0.00714. The summed E-state index contributed by atoms with van der Waals surface area (Å²) in [5, 5.41) is 10.3. The van der Waals surface area contributed by atoms with E-state index < -0.39 is 35.7 Å². The van der Waals surface area contributed by atoms with E-state index in [4.69, 9.17) is 4.74 Å². The van der Waals surface area contributed by atoms with Crippen LogP contribution in [0.2, 0.25) is 0 Å². The van der Waals surface area contributed by atoms with Gasteiger partial charge in [-0.05, 0) is 48.7 Å². The summed E-state index contributed by atoms with van der Waals surface area (Å²) in [6, 6.07) is 6.72. The number of carbonyl (C=O) groups is 2. The third-order valence-electron chi connectivity index (χ3n) is 5.85. The van der Waals surface area contributed by atoms with Crippen LogP contribution in [0.25, 0.3) is 10.9 Å². The summed E-state index contributed by atoms with van der Waals surface area (Å²) in [7, 11) is 1.27. The normalized spacial score (nSPS) is 13.5. The van der Waals surface area contributed by atoms with E-state index in [0.29, 0.717) is 17.4 Å². The number of ether oxygens (including phenoxy) is 2. The third kappa shape index (κ3) is 4.71. The van der Waals surface area contributed by atoms with E-state index in [2.05, 4.69) is 4.74 Å². The summed E-state index contributed by atoms with van der Waals surface area (Å²) in [4.78, 5) is 25.6. The van der Waals surface area contributed by atoms with Gasteiger partial charge in [0, 0.05) is 22.7 Å². The van der Waals surface area contributed by atoms with E-state index in [-0.39, 0.29) is 28.4 Å². The van der Waals surface area contributed by atoms with Crippen molar-refractivity contribution in [2.75, 3.05) is 7.11 Å². The Kier molecular flexibility index (Phi) is 6.90. The number of hydrogen-bond donors (Lipinski definition) is 1. The van der Waals surface area contributed by atoms with Gasteiger partial charge in [0.25, 0.3) is 5.91 Å². The molecule has 1 N–H and O–H groups in total. The molecule has 0 fully saturated rings. The Labute approximate surface area is 192 Å². The van der Waals surface area contributed by atoms with Gasteiger partial charge in [0.05, 0.1) is 18.5 Å². The molecule has 0 aliphatic rings. The van der Waals surface area contributed by atoms with Gasteiger partial charge in [-0.3, -0.25) is 14.2 Å². The molecule has 1 heterocycles. The number of alkyl halides is 3. The first kappa shape index (κ1) is 25.1. The van der Waals surface area contributed by atoms with Crippen molar-refractivity contribution >= 4 is 22.8 Å². The minimum atomic E-state index is -4.88. The molecule has 0 saturated heterocycles. The number of aliphatic carboxylic acids is 1. The highest BCUT2D eigenvalue weighted by Crippen LogP contribution is 2.40. The van der Waals surface area contributed by atoms with E-state index in [1.165, 1.54) is 17.7 Å². The zero-order valence-corrected chi connectivity index (χ0v) is 18.9. The van der Waals surface area contributed by atoms with Crippen LogP contribution in [-0.2, 0) is 4.79 Å². The van der Waals surface area contributed by atoms with Crippen LogP contribution in [0.5, 0.6) is 11.5 Å². The molecule has 1 aromatic heterocycles. The summed E-state index contributed by atoms with van der Waals surface area (Å²) in [5.41, 5.74) is 0.769. The first-order valence-corrected chi connectivity index (χ1v) is 10.4. The molecule has 0 aliphatic heterocycles. The topological polar surface area (TPSA) is 77.8 Å².